The molecule has 0 aliphatic heterocycles. The molecule has 1 heterocycles. The van der Waals surface area contributed by atoms with Gasteiger partial charge in [0.25, 0.3) is 10.0 Å². The predicted octanol–water partition coefficient (Wildman–Crippen LogP) is 2.39. The summed E-state index contributed by atoms with van der Waals surface area (Å²) < 4.78 is 61.2. The van der Waals surface area contributed by atoms with Gasteiger partial charge in [0.1, 0.15) is 6.54 Å². The number of alkyl halides is 4. The van der Waals surface area contributed by atoms with E-state index < -0.39 is 27.8 Å². The number of sulfonamides is 1. The lowest BCUT2D eigenvalue weighted by Crippen LogP contribution is -2.39. The van der Waals surface area contributed by atoms with E-state index in [1.165, 1.54) is 19.2 Å². The van der Waals surface area contributed by atoms with Crippen LogP contribution in [0, 0.1) is 0 Å². The van der Waals surface area contributed by atoms with Gasteiger partial charge in [-0.1, -0.05) is 13.0 Å². The Bertz CT molecular complexity index is 517. The highest BCUT2D eigenvalue weighted by Crippen LogP contribution is 2.21. The standard InChI is InChI=1S/C10H12ClF3N2O2S/c1-2-16(7-10(12,13)14)19(17,18)9-4-3-8(5-11)6-15-9/h3-4,6H,2,5,7H2,1H3. The summed E-state index contributed by atoms with van der Waals surface area (Å²) >= 11 is 5.52. The maximum absolute atomic E-state index is 12.3. The zero-order valence-corrected chi connectivity index (χ0v) is 11.6. The smallest absolute Gasteiger partial charge is 0.243 e. The average molecular weight is 317 g/mol. The molecule has 9 heteroatoms. The minimum atomic E-state index is -4.60. The summed E-state index contributed by atoms with van der Waals surface area (Å²) in [6, 6.07) is 2.56. The third-order valence-electron chi connectivity index (χ3n) is 2.26. The van der Waals surface area contributed by atoms with Crippen LogP contribution < -0.4 is 0 Å². The predicted molar refractivity (Wildman–Crippen MR) is 64.3 cm³/mol. The van der Waals surface area contributed by atoms with Crippen molar-refractivity contribution < 1.29 is 21.6 Å². The Balaban J connectivity index is 3.06. The van der Waals surface area contributed by atoms with E-state index in [2.05, 4.69) is 4.98 Å². The topological polar surface area (TPSA) is 50.3 Å². The van der Waals surface area contributed by atoms with E-state index in [0.29, 0.717) is 9.87 Å². The van der Waals surface area contributed by atoms with E-state index >= 15 is 0 Å². The Hall–Kier alpha value is -0.860. The largest absolute Gasteiger partial charge is 0.402 e. The molecule has 0 saturated heterocycles. The molecule has 0 radical (unpaired) electrons. The third kappa shape index (κ3) is 4.32. The fraction of sp³-hybridized carbons (Fsp3) is 0.500. The lowest BCUT2D eigenvalue weighted by molar-refractivity contribution is -0.135. The molecule has 0 bridgehead atoms. The van der Waals surface area contributed by atoms with Crippen LogP contribution in [-0.4, -0.2) is 37.0 Å². The first-order valence-corrected chi connectivity index (χ1v) is 7.26. The van der Waals surface area contributed by atoms with Crippen molar-refractivity contribution in [3.8, 4) is 0 Å². The summed E-state index contributed by atoms with van der Waals surface area (Å²) in [5.74, 6) is 0.146. The molecule has 0 atom stereocenters. The number of aromatic nitrogens is 1. The molecule has 0 aliphatic carbocycles. The fourth-order valence-corrected chi connectivity index (χ4v) is 2.85. The van der Waals surface area contributed by atoms with Crippen LogP contribution in [0.3, 0.4) is 0 Å². The second-order valence-corrected chi connectivity index (χ2v) is 5.84. The molecule has 1 aromatic heterocycles. The number of halogens is 4. The number of rotatable bonds is 5. The summed E-state index contributed by atoms with van der Waals surface area (Å²) in [4.78, 5) is 3.64. The lowest BCUT2D eigenvalue weighted by atomic mass is 10.3. The average Bonchev–Trinajstić information content (AvgIpc) is 2.34. The highest BCUT2D eigenvalue weighted by molar-refractivity contribution is 7.89. The van der Waals surface area contributed by atoms with Gasteiger partial charge >= 0.3 is 6.18 Å². The summed E-state index contributed by atoms with van der Waals surface area (Å²) in [6.45, 7) is -0.498. The van der Waals surface area contributed by atoms with Gasteiger partial charge in [-0.25, -0.2) is 13.4 Å². The first-order chi connectivity index (χ1) is 8.70. The molecule has 0 saturated carbocycles. The highest BCUT2D eigenvalue weighted by atomic mass is 35.5. The van der Waals surface area contributed by atoms with Crippen LogP contribution in [0.25, 0.3) is 0 Å². The van der Waals surface area contributed by atoms with Crippen molar-refractivity contribution in [3.05, 3.63) is 23.9 Å². The van der Waals surface area contributed by atoms with Gasteiger partial charge < -0.3 is 0 Å². The van der Waals surface area contributed by atoms with Gasteiger partial charge in [-0.05, 0) is 11.6 Å². The van der Waals surface area contributed by atoms with Crippen molar-refractivity contribution in [1.82, 2.24) is 9.29 Å². The Kier molecular flexibility index (Phi) is 5.17. The van der Waals surface area contributed by atoms with E-state index in [1.54, 1.807) is 0 Å². The number of pyridine rings is 1. The molecular formula is C10H12ClF3N2O2S. The Morgan fingerprint density at radius 1 is 1.37 bits per heavy atom. The fourth-order valence-electron chi connectivity index (χ4n) is 1.34. The Morgan fingerprint density at radius 3 is 2.37 bits per heavy atom. The number of nitrogens with zero attached hydrogens (tertiary/aromatic N) is 2. The van der Waals surface area contributed by atoms with Crippen molar-refractivity contribution in [1.29, 1.82) is 0 Å². The zero-order chi connectivity index (χ0) is 14.7. The van der Waals surface area contributed by atoms with Crippen molar-refractivity contribution in [2.45, 2.75) is 24.0 Å². The molecule has 0 aliphatic rings. The molecule has 1 rings (SSSR count). The maximum Gasteiger partial charge on any atom is 0.402 e. The first kappa shape index (κ1) is 16.2. The summed E-state index contributed by atoms with van der Waals surface area (Å²) in [5.41, 5.74) is 0.583. The normalized spacial score (nSPS) is 12.9. The molecule has 19 heavy (non-hydrogen) atoms. The van der Waals surface area contributed by atoms with Crippen LogP contribution in [0.5, 0.6) is 0 Å². The van der Waals surface area contributed by atoms with E-state index in [9.17, 15) is 21.6 Å². The molecule has 0 amide bonds. The molecule has 0 spiro atoms. The molecule has 0 aromatic carbocycles. The molecule has 0 fully saturated rings. The highest BCUT2D eigenvalue weighted by Gasteiger charge is 2.36. The second-order valence-electron chi connectivity index (χ2n) is 3.68. The molecule has 0 N–H and O–H groups in total. The van der Waals surface area contributed by atoms with Crippen LogP contribution in [0.15, 0.2) is 23.4 Å². The number of hydrogen-bond acceptors (Lipinski definition) is 3. The van der Waals surface area contributed by atoms with E-state index in [1.807, 2.05) is 0 Å². The molecular weight excluding hydrogens is 305 g/mol. The van der Waals surface area contributed by atoms with Gasteiger partial charge in [0.05, 0.1) is 0 Å². The lowest BCUT2D eigenvalue weighted by Gasteiger charge is -2.21. The monoisotopic (exact) mass is 316 g/mol. The van der Waals surface area contributed by atoms with Gasteiger partial charge in [0.2, 0.25) is 0 Å². The molecule has 4 nitrogen and oxygen atoms in total. The van der Waals surface area contributed by atoms with Crippen LogP contribution >= 0.6 is 11.6 Å². The van der Waals surface area contributed by atoms with Crippen LogP contribution in [0.1, 0.15) is 12.5 Å². The summed E-state index contributed by atoms with van der Waals surface area (Å²) in [7, 11) is -4.25. The minimum absolute atomic E-state index is 0.146. The quantitative estimate of drug-likeness (QED) is 0.784. The van der Waals surface area contributed by atoms with Gasteiger partial charge in [-0.2, -0.15) is 17.5 Å². The third-order valence-corrected chi connectivity index (χ3v) is 4.41. The van der Waals surface area contributed by atoms with Crippen molar-refractivity contribution in [2.75, 3.05) is 13.1 Å². The van der Waals surface area contributed by atoms with E-state index in [0.717, 1.165) is 6.07 Å². The molecule has 108 valence electrons. The molecule has 1 aromatic rings. The second kappa shape index (κ2) is 6.06. The van der Waals surface area contributed by atoms with Crippen LogP contribution in [-0.2, 0) is 15.9 Å². The zero-order valence-electron chi connectivity index (χ0n) is 9.98. The van der Waals surface area contributed by atoms with Gasteiger partial charge in [0.15, 0.2) is 5.03 Å². The van der Waals surface area contributed by atoms with Crippen molar-refractivity contribution >= 4 is 21.6 Å². The minimum Gasteiger partial charge on any atom is -0.243 e. The first-order valence-electron chi connectivity index (χ1n) is 5.28. The van der Waals surface area contributed by atoms with Gasteiger partial charge in [0, 0.05) is 18.6 Å². The van der Waals surface area contributed by atoms with Crippen molar-refractivity contribution in [2.24, 2.45) is 0 Å². The van der Waals surface area contributed by atoms with E-state index in [-0.39, 0.29) is 12.4 Å². The van der Waals surface area contributed by atoms with Crippen LogP contribution in [0.4, 0.5) is 13.2 Å². The Morgan fingerprint density at radius 2 is 2.00 bits per heavy atom. The van der Waals surface area contributed by atoms with Crippen molar-refractivity contribution in [3.63, 3.8) is 0 Å². The summed E-state index contributed by atoms with van der Waals surface area (Å²) in [5, 5.41) is -0.424. The van der Waals surface area contributed by atoms with Gasteiger partial charge in [-0.15, -0.1) is 11.6 Å². The van der Waals surface area contributed by atoms with Gasteiger partial charge in [-0.3, -0.25) is 0 Å². The maximum atomic E-state index is 12.3. The molecule has 0 unspecified atom stereocenters. The van der Waals surface area contributed by atoms with Crippen LogP contribution in [0.2, 0.25) is 0 Å². The van der Waals surface area contributed by atoms with E-state index in [4.69, 9.17) is 11.6 Å². The number of hydrogen-bond donors (Lipinski definition) is 0. The SMILES string of the molecule is CCN(CC(F)(F)F)S(=O)(=O)c1ccc(CCl)cn1. The Labute approximate surface area is 114 Å². The summed E-state index contributed by atoms with van der Waals surface area (Å²) in [6.07, 6.45) is -3.37.